The average Bonchev–Trinajstić information content (AvgIpc) is 3.17. The van der Waals surface area contributed by atoms with Gasteiger partial charge in [0.15, 0.2) is 6.10 Å². The van der Waals surface area contributed by atoms with E-state index in [0.29, 0.717) is 37.5 Å². The largest absolute Gasteiger partial charge is 0.481 e. The van der Waals surface area contributed by atoms with Crippen molar-refractivity contribution in [2.24, 2.45) is 0 Å². The maximum atomic E-state index is 12.6. The minimum atomic E-state index is -0.557. The molecular formula is C19H22N2O4. The van der Waals surface area contributed by atoms with Crippen LogP contribution in [0, 0.1) is 6.92 Å². The van der Waals surface area contributed by atoms with Crippen LogP contribution < -0.4 is 4.74 Å². The van der Waals surface area contributed by atoms with Crippen molar-refractivity contribution in [1.29, 1.82) is 0 Å². The van der Waals surface area contributed by atoms with E-state index in [2.05, 4.69) is 0 Å². The van der Waals surface area contributed by atoms with Gasteiger partial charge in [0.25, 0.3) is 11.8 Å². The van der Waals surface area contributed by atoms with Crippen molar-refractivity contribution >= 4 is 11.8 Å². The van der Waals surface area contributed by atoms with E-state index in [9.17, 15) is 9.59 Å². The monoisotopic (exact) mass is 342 g/mol. The van der Waals surface area contributed by atoms with Gasteiger partial charge < -0.3 is 19.0 Å². The van der Waals surface area contributed by atoms with Gasteiger partial charge in [0.2, 0.25) is 0 Å². The molecule has 0 aliphatic carbocycles. The van der Waals surface area contributed by atoms with E-state index in [1.54, 1.807) is 22.8 Å². The number of rotatable bonds is 4. The summed E-state index contributed by atoms with van der Waals surface area (Å²) in [5, 5.41) is 0. The standard InChI is InChI=1S/C19H22N2O4/c1-14-3-5-17(6-4-14)25-15(2)18(22)20-8-10-21(11-9-20)19(23)16-7-12-24-13-16/h3-7,12-13,15H,8-11H2,1-2H3/t15-/m1/s1. The molecule has 1 aliphatic rings. The zero-order chi connectivity index (χ0) is 17.8. The minimum Gasteiger partial charge on any atom is -0.481 e. The Morgan fingerprint density at radius 1 is 1.04 bits per heavy atom. The van der Waals surface area contributed by atoms with E-state index in [0.717, 1.165) is 5.56 Å². The van der Waals surface area contributed by atoms with Crippen molar-refractivity contribution in [2.45, 2.75) is 20.0 Å². The summed E-state index contributed by atoms with van der Waals surface area (Å²) >= 11 is 0. The number of hydrogen-bond acceptors (Lipinski definition) is 4. The molecule has 0 radical (unpaired) electrons. The summed E-state index contributed by atoms with van der Waals surface area (Å²) in [6.45, 7) is 5.78. The lowest BCUT2D eigenvalue weighted by molar-refractivity contribution is -0.139. The lowest BCUT2D eigenvalue weighted by atomic mass is 10.2. The highest BCUT2D eigenvalue weighted by Crippen LogP contribution is 2.15. The Bertz CT molecular complexity index is 716. The van der Waals surface area contributed by atoms with Gasteiger partial charge >= 0.3 is 0 Å². The molecule has 0 unspecified atom stereocenters. The normalized spacial score (nSPS) is 15.8. The lowest BCUT2D eigenvalue weighted by Gasteiger charge is -2.35. The predicted octanol–water partition coefficient (Wildman–Crippen LogP) is 2.34. The highest BCUT2D eigenvalue weighted by molar-refractivity contribution is 5.94. The smallest absolute Gasteiger partial charge is 0.263 e. The van der Waals surface area contributed by atoms with Crippen LogP contribution in [0.1, 0.15) is 22.8 Å². The van der Waals surface area contributed by atoms with Gasteiger partial charge in [-0.15, -0.1) is 0 Å². The van der Waals surface area contributed by atoms with Gasteiger partial charge in [0.05, 0.1) is 11.8 Å². The van der Waals surface area contributed by atoms with E-state index < -0.39 is 6.10 Å². The van der Waals surface area contributed by atoms with Crippen molar-refractivity contribution in [3.8, 4) is 5.75 Å². The van der Waals surface area contributed by atoms with Gasteiger partial charge in [-0.05, 0) is 32.0 Å². The van der Waals surface area contributed by atoms with Gasteiger partial charge in [0.1, 0.15) is 12.0 Å². The number of carbonyl (C=O) groups excluding carboxylic acids is 2. The van der Waals surface area contributed by atoms with Crippen LogP contribution in [0.4, 0.5) is 0 Å². The van der Waals surface area contributed by atoms with E-state index in [1.165, 1.54) is 12.5 Å². The van der Waals surface area contributed by atoms with E-state index in [-0.39, 0.29) is 11.8 Å². The summed E-state index contributed by atoms with van der Waals surface area (Å²) < 4.78 is 10.7. The third-order valence-corrected chi connectivity index (χ3v) is 4.33. The molecule has 0 saturated carbocycles. The number of aryl methyl sites for hydroxylation is 1. The molecule has 2 aromatic rings. The van der Waals surface area contributed by atoms with E-state index >= 15 is 0 Å². The molecule has 1 aliphatic heterocycles. The van der Waals surface area contributed by atoms with Crippen molar-refractivity contribution in [3.63, 3.8) is 0 Å². The zero-order valence-corrected chi connectivity index (χ0v) is 14.5. The van der Waals surface area contributed by atoms with Crippen molar-refractivity contribution in [1.82, 2.24) is 9.80 Å². The first-order chi connectivity index (χ1) is 12.0. The number of benzene rings is 1. The molecule has 6 heteroatoms. The van der Waals surface area contributed by atoms with Crippen molar-refractivity contribution < 1.29 is 18.7 Å². The number of nitrogens with zero attached hydrogens (tertiary/aromatic N) is 2. The van der Waals surface area contributed by atoms with Crippen LogP contribution in [0.5, 0.6) is 5.75 Å². The third-order valence-electron chi connectivity index (χ3n) is 4.33. The third kappa shape index (κ3) is 4.02. The average molecular weight is 342 g/mol. The lowest BCUT2D eigenvalue weighted by Crippen LogP contribution is -2.53. The van der Waals surface area contributed by atoms with Gasteiger partial charge in [-0.1, -0.05) is 17.7 Å². The molecule has 0 N–H and O–H groups in total. The summed E-state index contributed by atoms with van der Waals surface area (Å²) in [7, 11) is 0. The quantitative estimate of drug-likeness (QED) is 0.856. The molecule has 1 fully saturated rings. The molecule has 0 spiro atoms. The number of furan rings is 1. The second-order valence-corrected chi connectivity index (χ2v) is 6.20. The minimum absolute atomic E-state index is 0.0593. The van der Waals surface area contributed by atoms with E-state index in [1.807, 2.05) is 31.2 Å². The summed E-state index contributed by atoms with van der Waals surface area (Å²) in [4.78, 5) is 28.3. The highest BCUT2D eigenvalue weighted by Gasteiger charge is 2.28. The Morgan fingerprint density at radius 3 is 2.28 bits per heavy atom. The zero-order valence-electron chi connectivity index (χ0n) is 14.5. The molecule has 1 saturated heterocycles. The van der Waals surface area contributed by atoms with Gasteiger partial charge in [-0.3, -0.25) is 9.59 Å². The Kier molecular flexibility index (Phi) is 5.07. The van der Waals surface area contributed by atoms with Crippen LogP contribution in [0.3, 0.4) is 0 Å². The Morgan fingerprint density at radius 2 is 1.68 bits per heavy atom. The number of ether oxygens (including phenoxy) is 1. The fourth-order valence-corrected chi connectivity index (χ4v) is 2.83. The maximum absolute atomic E-state index is 12.6. The molecular weight excluding hydrogens is 320 g/mol. The van der Waals surface area contributed by atoms with E-state index in [4.69, 9.17) is 9.15 Å². The van der Waals surface area contributed by atoms with Gasteiger partial charge in [0, 0.05) is 26.2 Å². The van der Waals surface area contributed by atoms with Crippen LogP contribution in [-0.4, -0.2) is 53.9 Å². The van der Waals surface area contributed by atoms with Crippen LogP contribution >= 0.6 is 0 Å². The maximum Gasteiger partial charge on any atom is 0.263 e. The van der Waals surface area contributed by atoms with Gasteiger partial charge in [-0.2, -0.15) is 0 Å². The molecule has 25 heavy (non-hydrogen) atoms. The molecule has 2 heterocycles. The SMILES string of the molecule is Cc1ccc(O[C@H](C)C(=O)N2CCN(C(=O)c3ccoc3)CC2)cc1. The highest BCUT2D eigenvalue weighted by atomic mass is 16.5. The Labute approximate surface area is 147 Å². The first-order valence-electron chi connectivity index (χ1n) is 8.38. The van der Waals surface area contributed by atoms with Crippen molar-refractivity contribution in [2.75, 3.05) is 26.2 Å². The summed E-state index contributed by atoms with van der Waals surface area (Å²) in [5.41, 5.74) is 1.68. The summed E-state index contributed by atoms with van der Waals surface area (Å²) in [5.74, 6) is 0.556. The second-order valence-electron chi connectivity index (χ2n) is 6.20. The molecule has 6 nitrogen and oxygen atoms in total. The molecule has 0 bridgehead atoms. The second kappa shape index (κ2) is 7.42. The van der Waals surface area contributed by atoms with Crippen LogP contribution in [0.15, 0.2) is 47.3 Å². The number of carbonyl (C=O) groups is 2. The molecule has 132 valence electrons. The molecule has 1 atom stereocenters. The fraction of sp³-hybridized carbons (Fsp3) is 0.368. The first kappa shape index (κ1) is 17.1. The fourth-order valence-electron chi connectivity index (χ4n) is 2.83. The molecule has 1 aromatic carbocycles. The molecule has 3 rings (SSSR count). The molecule has 2 amide bonds. The van der Waals surface area contributed by atoms with Crippen LogP contribution in [0.25, 0.3) is 0 Å². The molecule has 1 aromatic heterocycles. The topological polar surface area (TPSA) is 63.0 Å². The summed E-state index contributed by atoms with van der Waals surface area (Å²) in [6.07, 6.45) is 2.37. The Hall–Kier alpha value is -2.76. The first-order valence-corrected chi connectivity index (χ1v) is 8.38. The predicted molar refractivity (Wildman–Crippen MR) is 92.5 cm³/mol. The summed E-state index contributed by atoms with van der Waals surface area (Å²) in [6, 6.07) is 9.28. The Balaban J connectivity index is 1.52. The number of piperazine rings is 1. The van der Waals surface area contributed by atoms with Crippen molar-refractivity contribution in [3.05, 3.63) is 54.0 Å². The van der Waals surface area contributed by atoms with Crippen LogP contribution in [-0.2, 0) is 4.79 Å². The van der Waals surface area contributed by atoms with Crippen LogP contribution in [0.2, 0.25) is 0 Å². The number of amides is 2. The number of hydrogen-bond donors (Lipinski definition) is 0. The van der Waals surface area contributed by atoms with Gasteiger partial charge in [-0.25, -0.2) is 0 Å².